The van der Waals surface area contributed by atoms with Gasteiger partial charge in [-0.25, -0.2) is 8.42 Å². The van der Waals surface area contributed by atoms with E-state index < -0.39 is 10.0 Å². The first-order valence-electron chi connectivity index (χ1n) is 9.02. The van der Waals surface area contributed by atoms with Crippen molar-refractivity contribution in [3.8, 4) is 0 Å². The molecule has 0 amide bonds. The predicted octanol–water partition coefficient (Wildman–Crippen LogP) is 4.12. The summed E-state index contributed by atoms with van der Waals surface area (Å²) in [6, 6.07) is 11.7. The van der Waals surface area contributed by atoms with Gasteiger partial charge in [-0.1, -0.05) is 24.1 Å². The number of carbonyl (C=O) groups excluding carboxylic acids is 1. The Morgan fingerprint density at radius 1 is 1.07 bits per heavy atom. The maximum Gasteiger partial charge on any atom is 0.243 e. The van der Waals surface area contributed by atoms with Crippen LogP contribution < -0.4 is 5.32 Å². The molecular weight excluding hydrogens is 384 g/mol. The molecular formula is C20H23ClN2O3S. The number of anilines is 1. The van der Waals surface area contributed by atoms with Crippen molar-refractivity contribution >= 4 is 33.1 Å². The largest absolute Gasteiger partial charge is 0.377 e. The Bertz CT molecular complexity index is 921. The number of ketones is 1. The standard InChI is InChI=1S/C20H23ClN2O3S/c1-15-18(21)6-5-7-19(15)22-14-20(24)16-8-10-17(11-9-16)27(25,26)23-12-3-2-4-13-23/h5-11,22H,2-4,12-14H2,1H3. The normalized spacial score (nSPS) is 15.5. The van der Waals surface area contributed by atoms with E-state index >= 15 is 0 Å². The number of Topliss-reactive ketones (excluding diaryl/α,β-unsaturated/α-hetero) is 1. The minimum atomic E-state index is -3.48. The van der Waals surface area contributed by atoms with Crippen LogP contribution in [0, 0.1) is 6.92 Å². The summed E-state index contributed by atoms with van der Waals surface area (Å²) in [5, 5.41) is 3.73. The summed E-state index contributed by atoms with van der Waals surface area (Å²) in [5.41, 5.74) is 2.16. The van der Waals surface area contributed by atoms with Crippen molar-refractivity contribution in [1.82, 2.24) is 4.31 Å². The molecule has 0 unspecified atom stereocenters. The van der Waals surface area contributed by atoms with Crippen LogP contribution in [-0.4, -0.2) is 38.1 Å². The molecule has 7 heteroatoms. The zero-order valence-corrected chi connectivity index (χ0v) is 16.8. The second kappa shape index (κ2) is 8.42. The van der Waals surface area contributed by atoms with Crippen LogP contribution in [0.3, 0.4) is 0 Å². The van der Waals surface area contributed by atoms with Crippen LogP contribution in [0.1, 0.15) is 35.2 Å². The molecule has 1 aliphatic heterocycles. The monoisotopic (exact) mass is 406 g/mol. The van der Waals surface area contributed by atoms with Gasteiger partial charge >= 0.3 is 0 Å². The molecule has 0 saturated carbocycles. The first-order valence-corrected chi connectivity index (χ1v) is 10.8. The van der Waals surface area contributed by atoms with Crippen molar-refractivity contribution in [3.63, 3.8) is 0 Å². The number of hydrogen-bond acceptors (Lipinski definition) is 4. The molecule has 0 radical (unpaired) electrons. The summed E-state index contributed by atoms with van der Waals surface area (Å²) in [6.45, 7) is 3.12. The molecule has 1 saturated heterocycles. The molecule has 3 rings (SSSR count). The molecule has 1 aliphatic rings. The second-order valence-corrected chi connectivity index (χ2v) is 9.02. The van der Waals surface area contributed by atoms with Crippen LogP contribution in [0.5, 0.6) is 0 Å². The summed E-state index contributed by atoms with van der Waals surface area (Å²) in [4.78, 5) is 12.7. The number of benzene rings is 2. The van der Waals surface area contributed by atoms with Gasteiger partial charge in [0.05, 0.1) is 11.4 Å². The highest BCUT2D eigenvalue weighted by atomic mass is 35.5. The molecule has 2 aromatic rings. The molecule has 27 heavy (non-hydrogen) atoms. The molecule has 5 nitrogen and oxygen atoms in total. The highest BCUT2D eigenvalue weighted by Crippen LogP contribution is 2.23. The fourth-order valence-electron chi connectivity index (χ4n) is 3.14. The Kier molecular flexibility index (Phi) is 6.19. The first kappa shape index (κ1) is 19.9. The number of hydrogen-bond donors (Lipinski definition) is 1. The third kappa shape index (κ3) is 4.51. The van der Waals surface area contributed by atoms with Gasteiger partial charge in [-0.15, -0.1) is 0 Å². The lowest BCUT2D eigenvalue weighted by Crippen LogP contribution is -2.35. The molecule has 1 fully saturated rings. The van der Waals surface area contributed by atoms with Crippen molar-refractivity contribution in [2.45, 2.75) is 31.1 Å². The average Bonchev–Trinajstić information content (AvgIpc) is 2.69. The SMILES string of the molecule is Cc1c(Cl)cccc1NCC(=O)c1ccc(S(=O)(=O)N2CCCCC2)cc1. The van der Waals surface area contributed by atoms with Crippen molar-refractivity contribution in [2.24, 2.45) is 0 Å². The van der Waals surface area contributed by atoms with Crippen LogP contribution in [0.4, 0.5) is 5.69 Å². The quantitative estimate of drug-likeness (QED) is 0.733. The molecule has 0 atom stereocenters. The average molecular weight is 407 g/mol. The van der Waals surface area contributed by atoms with Crippen LogP contribution in [0.2, 0.25) is 5.02 Å². The van der Waals surface area contributed by atoms with E-state index in [2.05, 4.69) is 5.32 Å². The molecule has 0 bridgehead atoms. The number of rotatable bonds is 6. The van der Waals surface area contributed by atoms with Crippen LogP contribution in [0.25, 0.3) is 0 Å². The van der Waals surface area contributed by atoms with Gasteiger partial charge in [0.15, 0.2) is 5.78 Å². The number of carbonyl (C=O) groups is 1. The lowest BCUT2D eigenvalue weighted by atomic mass is 10.1. The van der Waals surface area contributed by atoms with E-state index in [1.807, 2.05) is 19.1 Å². The zero-order chi connectivity index (χ0) is 19.4. The van der Waals surface area contributed by atoms with Gasteiger partial charge in [-0.3, -0.25) is 4.79 Å². The summed E-state index contributed by atoms with van der Waals surface area (Å²) in [6.07, 6.45) is 2.85. The molecule has 0 aromatic heterocycles. The maximum atomic E-state index is 12.7. The minimum absolute atomic E-state index is 0.111. The zero-order valence-electron chi connectivity index (χ0n) is 15.2. The van der Waals surface area contributed by atoms with Gasteiger partial charge in [0, 0.05) is 29.4 Å². The van der Waals surface area contributed by atoms with E-state index in [-0.39, 0.29) is 17.2 Å². The molecule has 1 heterocycles. The van der Waals surface area contributed by atoms with E-state index in [1.165, 1.54) is 16.4 Å². The van der Waals surface area contributed by atoms with E-state index in [1.54, 1.807) is 18.2 Å². The van der Waals surface area contributed by atoms with Gasteiger partial charge in [0.2, 0.25) is 10.0 Å². The molecule has 1 N–H and O–H groups in total. The van der Waals surface area contributed by atoms with Crippen molar-refractivity contribution in [1.29, 1.82) is 0 Å². The van der Waals surface area contributed by atoms with Crippen LogP contribution in [-0.2, 0) is 10.0 Å². The van der Waals surface area contributed by atoms with Gasteiger partial charge in [0.1, 0.15) is 0 Å². The summed E-state index contributed by atoms with van der Waals surface area (Å²) < 4.78 is 26.9. The van der Waals surface area contributed by atoms with Crippen LogP contribution in [0.15, 0.2) is 47.4 Å². The number of halogens is 1. The smallest absolute Gasteiger partial charge is 0.243 e. The van der Waals surface area contributed by atoms with Crippen molar-refractivity contribution in [3.05, 3.63) is 58.6 Å². The molecule has 2 aromatic carbocycles. The van der Waals surface area contributed by atoms with Gasteiger partial charge in [0.25, 0.3) is 0 Å². The number of piperidine rings is 1. The third-order valence-corrected chi connectivity index (χ3v) is 7.16. The topological polar surface area (TPSA) is 66.5 Å². The van der Waals surface area contributed by atoms with Gasteiger partial charge in [-0.2, -0.15) is 4.31 Å². The molecule has 144 valence electrons. The fraction of sp³-hybridized carbons (Fsp3) is 0.350. The minimum Gasteiger partial charge on any atom is -0.377 e. The van der Waals surface area contributed by atoms with Crippen molar-refractivity contribution < 1.29 is 13.2 Å². The maximum absolute atomic E-state index is 12.7. The summed E-state index contributed by atoms with van der Waals surface area (Å²) in [5.74, 6) is -0.115. The highest BCUT2D eigenvalue weighted by Gasteiger charge is 2.25. The lowest BCUT2D eigenvalue weighted by molar-refractivity contribution is 0.101. The Morgan fingerprint density at radius 3 is 2.41 bits per heavy atom. The number of sulfonamides is 1. The fourth-order valence-corrected chi connectivity index (χ4v) is 4.84. The second-order valence-electron chi connectivity index (χ2n) is 6.68. The van der Waals surface area contributed by atoms with Crippen molar-refractivity contribution in [2.75, 3.05) is 25.0 Å². The third-order valence-electron chi connectivity index (χ3n) is 4.84. The lowest BCUT2D eigenvalue weighted by Gasteiger charge is -2.25. The molecule has 0 aliphatic carbocycles. The molecule has 0 spiro atoms. The Hall–Kier alpha value is -1.89. The van der Waals surface area contributed by atoms with Crippen LogP contribution >= 0.6 is 11.6 Å². The highest BCUT2D eigenvalue weighted by molar-refractivity contribution is 7.89. The van der Waals surface area contributed by atoms with E-state index in [0.29, 0.717) is 23.7 Å². The number of nitrogens with one attached hydrogen (secondary N) is 1. The predicted molar refractivity (Wildman–Crippen MR) is 108 cm³/mol. The number of nitrogens with zero attached hydrogens (tertiary/aromatic N) is 1. The summed E-state index contributed by atoms with van der Waals surface area (Å²) in [7, 11) is -3.48. The first-order chi connectivity index (χ1) is 12.9. The Balaban J connectivity index is 1.67. The van der Waals surface area contributed by atoms with E-state index in [4.69, 9.17) is 11.6 Å². The van der Waals surface area contributed by atoms with Gasteiger partial charge < -0.3 is 5.32 Å². The Labute approximate surface area is 165 Å². The Morgan fingerprint density at radius 2 is 1.74 bits per heavy atom. The van der Waals surface area contributed by atoms with E-state index in [0.717, 1.165) is 30.5 Å². The van der Waals surface area contributed by atoms with E-state index in [9.17, 15) is 13.2 Å². The van der Waals surface area contributed by atoms with Gasteiger partial charge in [-0.05, 0) is 61.7 Å². The summed E-state index contributed by atoms with van der Waals surface area (Å²) >= 11 is 6.08.